The molecule has 1 amide bonds. The van der Waals surface area contributed by atoms with Gasteiger partial charge < -0.3 is 15.8 Å². The topological polar surface area (TPSA) is 67.6 Å². The Morgan fingerprint density at radius 3 is 2.63 bits per heavy atom. The van der Waals surface area contributed by atoms with E-state index in [0.29, 0.717) is 6.61 Å². The van der Waals surface area contributed by atoms with Gasteiger partial charge in [0.2, 0.25) is 5.91 Å². The number of rotatable bonds is 6. The minimum atomic E-state index is 0. The summed E-state index contributed by atoms with van der Waals surface area (Å²) in [5.41, 5.74) is 7.89. The van der Waals surface area contributed by atoms with Crippen LogP contribution in [0.25, 0.3) is 0 Å². The quantitative estimate of drug-likeness (QED) is 0.738. The Bertz CT molecular complexity index is 595. The van der Waals surface area contributed by atoms with E-state index in [9.17, 15) is 4.79 Å². The van der Waals surface area contributed by atoms with Crippen LogP contribution >= 0.6 is 24.8 Å². The molecule has 2 atom stereocenters. The van der Waals surface area contributed by atoms with Gasteiger partial charge in [0.1, 0.15) is 12.4 Å². The molecule has 0 aromatic heterocycles. The first-order chi connectivity index (χ1) is 12.1. The van der Waals surface area contributed by atoms with Gasteiger partial charge in [-0.1, -0.05) is 6.42 Å². The lowest BCUT2D eigenvalue weighted by molar-refractivity contribution is -0.120. The second kappa shape index (κ2) is 11.7. The van der Waals surface area contributed by atoms with Crippen molar-refractivity contribution in [2.45, 2.75) is 51.5 Å². The Labute approximate surface area is 175 Å². The highest BCUT2D eigenvalue weighted by Gasteiger charge is 2.25. The summed E-state index contributed by atoms with van der Waals surface area (Å²) in [7, 11) is 0. The Balaban J connectivity index is 0.00000182. The molecular weight excluding hydrogens is 385 g/mol. The third-order valence-corrected chi connectivity index (χ3v) is 5.39. The van der Waals surface area contributed by atoms with Crippen molar-refractivity contribution in [2.75, 3.05) is 31.6 Å². The molecule has 0 spiro atoms. The first kappa shape index (κ1) is 24.0. The Morgan fingerprint density at radius 2 is 1.96 bits per heavy atom. The van der Waals surface area contributed by atoms with Crippen LogP contribution in [0.1, 0.15) is 44.1 Å². The fraction of sp³-hybridized carbons (Fsp3) is 0.650. The molecular formula is C20H33Cl2N3O2. The maximum atomic E-state index is 12.4. The van der Waals surface area contributed by atoms with Crippen LogP contribution in [0.15, 0.2) is 18.2 Å². The lowest BCUT2D eigenvalue weighted by Gasteiger charge is -2.25. The molecule has 2 aliphatic rings. The number of nitrogens with zero attached hydrogens (tertiary/aromatic N) is 1. The Hall–Kier alpha value is -1.01. The molecule has 3 rings (SSSR count). The van der Waals surface area contributed by atoms with E-state index in [0.717, 1.165) is 49.2 Å². The molecule has 0 bridgehead atoms. The molecule has 5 nitrogen and oxygen atoms in total. The number of ether oxygens (including phenoxy) is 1. The van der Waals surface area contributed by atoms with Gasteiger partial charge in [-0.25, -0.2) is 0 Å². The van der Waals surface area contributed by atoms with Crippen molar-refractivity contribution in [3.63, 3.8) is 0 Å². The molecule has 154 valence electrons. The Kier molecular flexibility index (Phi) is 10.5. The van der Waals surface area contributed by atoms with Gasteiger partial charge >= 0.3 is 0 Å². The predicted molar refractivity (Wildman–Crippen MR) is 115 cm³/mol. The van der Waals surface area contributed by atoms with Gasteiger partial charge in [-0.05, 0) is 75.9 Å². The maximum absolute atomic E-state index is 12.4. The van der Waals surface area contributed by atoms with E-state index < -0.39 is 0 Å². The summed E-state index contributed by atoms with van der Waals surface area (Å²) in [5, 5.41) is 3.04. The molecule has 1 saturated carbocycles. The molecule has 7 heteroatoms. The molecule has 2 unspecified atom stereocenters. The normalized spacial score (nSPS) is 22.4. The lowest BCUT2D eigenvalue weighted by Crippen LogP contribution is -2.34. The van der Waals surface area contributed by atoms with Crippen LogP contribution in [0.3, 0.4) is 0 Å². The average Bonchev–Trinajstić information content (AvgIpc) is 3.10. The molecule has 2 fully saturated rings. The van der Waals surface area contributed by atoms with Crippen molar-refractivity contribution in [1.29, 1.82) is 0 Å². The van der Waals surface area contributed by atoms with E-state index >= 15 is 0 Å². The summed E-state index contributed by atoms with van der Waals surface area (Å²) in [6.07, 6.45) is 6.42. The van der Waals surface area contributed by atoms with Gasteiger partial charge in [0.25, 0.3) is 0 Å². The first-order valence-electron chi connectivity index (χ1n) is 9.64. The van der Waals surface area contributed by atoms with Crippen molar-refractivity contribution in [3.05, 3.63) is 23.8 Å². The molecule has 27 heavy (non-hydrogen) atoms. The maximum Gasteiger partial charge on any atom is 0.227 e. The minimum Gasteiger partial charge on any atom is -0.492 e. The highest BCUT2D eigenvalue weighted by atomic mass is 35.5. The van der Waals surface area contributed by atoms with Crippen molar-refractivity contribution in [3.8, 4) is 5.75 Å². The van der Waals surface area contributed by atoms with Crippen molar-refractivity contribution in [1.82, 2.24) is 4.90 Å². The van der Waals surface area contributed by atoms with Crippen LogP contribution in [0.5, 0.6) is 5.75 Å². The number of hydrogen-bond acceptors (Lipinski definition) is 4. The van der Waals surface area contributed by atoms with Gasteiger partial charge in [0, 0.05) is 24.2 Å². The summed E-state index contributed by atoms with van der Waals surface area (Å²) < 4.78 is 5.92. The molecule has 1 saturated heterocycles. The van der Waals surface area contributed by atoms with Gasteiger partial charge in [0.05, 0.1) is 0 Å². The molecule has 1 aliphatic heterocycles. The van der Waals surface area contributed by atoms with Gasteiger partial charge in [-0.2, -0.15) is 0 Å². The van der Waals surface area contributed by atoms with E-state index in [1.807, 2.05) is 25.1 Å². The zero-order valence-corrected chi connectivity index (χ0v) is 17.7. The molecule has 1 heterocycles. The highest BCUT2D eigenvalue weighted by molar-refractivity contribution is 5.92. The second-order valence-electron chi connectivity index (χ2n) is 7.49. The summed E-state index contributed by atoms with van der Waals surface area (Å²) in [6, 6.07) is 6.05. The molecule has 1 aliphatic carbocycles. The van der Waals surface area contributed by atoms with Crippen molar-refractivity contribution in [2.24, 2.45) is 11.7 Å². The zero-order chi connectivity index (χ0) is 17.6. The van der Waals surface area contributed by atoms with Crippen LogP contribution in [0, 0.1) is 12.8 Å². The Morgan fingerprint density at radius 1 is 1.22 bits per heavy atom. The number of benzene rings is 1. The number of amides is 1. The molecule has 0 radical (unpaired) electrons. The fourth-order valence-corrected chi connectivity index (χ4v) is 3.89. The number of halogens is 2. The van der Waals surface area contributed by atoms with E-state index in [2.05, 4.69) is 10.2 Å². The van der Waals surface area contributed by atoms with Gasteiger partial charge in [0.15, 0.2) is 0 Å². The number of nitrogens with one attached hydrogen (secondary N) is 1. The smallest absolute Gasteiger partial charge is 0.227 e. The minimum absolute atomic E-state index is 0. The monoisotopic (exact) mass is 417 g/mol. The third kappa shape index (κ3) is 7.15. The van der Waals surface area contributed by atoms with Crippen LogP contribution in [-0.2, 0) is 4.79 Å². The zero-order valence-electron chi connectivity index (χ0n) is 16.1. The SMILES string of the molecule is Cc1cc(NC(=O)C2CCCC(N)C2)ccc1OCCN1CCCC1.Cl.Cl. The first-order valence-corrected chi connectivity index (χ1v) is 9.64. The summed E-state index contributed by atoms with van der Waals surface area (Å²) in [5.74, 6) is 1.04. The largest absolute Gasteiger partial charge is 0.492 e. The standard InChI is InChI=1S/C20H31N3O2.2ClH/c1-15-13-18(22-20(24)16-5-4-6-17(21)14-16)7-8-19(15)25-12-11-23-9-2-3-10-23;;/h7-8,13,16-17H,2-6,9-12,14,21H2,1H3,(H,22,24);2*1H. The number of carbonyl (C=O) groups is 1. The van der Waals surface area contributed by atoms with Crippen LogP contribution in [-0.4, -0.2) is 43.1 Å². The number of carbonyl (C=O) groups excluding carboxylic acids is 1. The molecule has 3 N–H and O–H groups in total. The van der Waals surface area contributed by atoms with Crippen molar-refractivity contribution < 1.29 is 9.53 Å². The van der Waals surface area contributed by atoms with E-state index in [1.54, 1.807) is 0 Å². The van der Waals surface area contributed by atoms with Crippen LogP contribution in [0.2, 0.25) is 0 Å². The van der Waals surface area contributed by atoms with E-state index in [4.69, 9.17) is 10.5 Å². The number of anilines is 1. The number of hydrogen-bond donors (Lipinski definition) is 2. The van der Waals surface area contributed by atoms with Crippen LogP contribution in [0.4, 0.5) is 5.69 Å². The number of nitrogens with two attached hydrogens (primary N) is 1. The van der Waals surface area contributed by atoms with Crippen molar-refractivity contribution >= 4 is 36.4 Å². The summed E-state index contributed by atoms with van der Waals surface area (Å²) in [6.45, 7) is 6.11. The third-order valence-electron chi connectivity index (χ3n) is 5.39. The molecule has 1 aromatic carbocycles. The fourth-order valence-electron chi connectivity index (χ4n) is 3.89. The number of likely N-dealkylation sites (tertiary alicyclic amines) is 1. The highest BCUT2D eigenvalue weighted by Crippen LogP contribution is 2.26. The van der Waals surface area contributed by atoms with Crippen LogP contribution < -0.4 is 15.8 Å². The van der Waals surface area contributed by atoms with E-state index in [1.165, 1.54) is 25.9 Å². The van der Waals surface area contributed by atoms with Gasteiger partial charge in [-0.15, -0.1) is 24.8 Å². The second-order valence-corrected chi connectivity index (χ2v) is 7.49. The number of aryl methyl sites for hydroxylation is 1. The summed E-state index contributed by atoms with van der Waals surface area (Å²) >= 11 is 0. The van der Waals surface area contributed by atoms with Gasteiger partial charge in [-0.3, -0.25) is 9.69 Å². The lowest BCUT2D eigenvalue weighted by atomic mass is 9.85. The molecule has 1 aromatic rings. The summed E-state index contributed by atoms with van der Waals surface area (Å²) in [4.78, 5) is 14.9. The van der Waals surface area contributed by atoms with E-state index in [-0.39, 0.29) is 42.7 Å². The average molecular weight is 418 g/mol. The predicted octanol–water partition coefficient (Wildman–Crippen LogP) is 3.77.